The molecule has 0 spiro atoms. The number of carbonyl (C=O) groups is 1. The highest BCUT2D eigenvalue weighted by Crippen LogP contribution is 2.34. The molecule has 30 heavy (non-hydrogen) atoms. The second-order valence-electron chi connectivity index (χ2n) is 6.60. The first-order valence-corrected chi connectivity index (χ1v) is 9.81. The maximum Gasteiger partial charge on any atom is 0.433 e. The van der Waals surface area contributed by atoms with Crippen molar-refractivity contribution in [2.45, 2.75) is 29.9 Å². The Morgan fingerprint density at radius 1 is 1.27 bits per heavy atom. The Labute approximate surface area is 175 Å². The average Bonchev–Trinajstić information content (AvgIpc) is 3.11. The zero-order valence-corrected chi connectivity index (χ0v) is 17.3. The molecule has 0 aliphatic carbocycles. The van der Waals surface area contributed by atoms with Gasteiger partial charge >= 0.3 is 6.18 Å². The Bertz CT molecular complexity index is 1050. The number of rotatable bonds is 7. The van der Waals surface area contributed by atoms with Gasteiger partial charge in [-0.25, -0.2) is 4.98 Å². The van der Waals surface area contributed by atoms with Crippen LogP contribution >= 0.6 is 11.8 Å². The molecule has 10 heteroatoms. The third-order valence-corrected chi connectivity index (χ3v) is 5.55. The molecule has 2 heterocycles. The highest BCUT2D eigenvalue weighted by atomic mass is 32.2. The molecule has 0 N–H and O–H groups in total. The van der Waals surface area contributed by atoms with Gasteiger partial charge in [-0.15, -0.1) is 10.2 Å². The molecular formula is C20H19F3N4O2S. The summed E-state index contributed by atoms with van der Waals surface area (Å²) in [5.74, 6) is -0.590. The smallest absolute Gasteiger partial charge is 0.433 e. The summed E-state index contributed by atoms with van der Waals surface area (Å²) >= 11 is 1.51. The van der Waals surface area contributed by atoms with Gasteiger partial charge in [-0.05, 0) is 18.1 Å². The third kappa shape index (κ3) is 5.18. The molecule has 0 saturated carbocycles. The lowest BCUT2D eigenvalue weighted by Crippen LogP contribution is -2.14. The van der Waals surface area contributed by atoms with E-state index >= 15 is 0 Å². The zero-order chi connectivity index (χ0) is 21.9. The van der Waals surface area contributed by atoms with Gasteiger partial charge in [0, 0.05) is 30.9 Å². The second-order valence-corrected chi connectivity index (χ2v) is 7.91. The molecule has 0 fully saturated rings. The fourth-order valence-corrected chi connectivity index (χ4v) is 3.66. The number of carbonyl (C=O) groups excluding carboxylic acids is 1. The number of hydrogen-bond acceptors (Lipinski definition) is 6. The summed E-state index contributed by atoms with van der Waals surface area (Å²) in [4.78, 5) is 16.1. The summed E-state index contributed by atoms with van der Waals surface area (Å²) in [5.41, 5.74) is 0.199. The van der Waals surface area contributed by atoms with Crippen LogP contribution in [-0.2, 0) is 19.6 Å². The summed E-state index contributed by atoms with van der Waals surface area (Å²) in [6.07, 6.45) is -3.14. The highest BCUT2D eigenvalue weighted by molar-refractivity contribution is 7.99. The van der Waals surface area contributed by atoms with E-state index in [0.29, 0.717) is 5.56 Å². The largest absolute Gasteiger partial charge is 0.497 e. The predicted octanol–water partition coefficient (Wildman–Crippen LogP) is 4.52. The van der Waals surface area contributed by atoms with Gasteiger partial charge in [-0.2, -0.15) is 13.2 Å². The number of aromatic nitrogens is 4. The van der Waals surface area contributed by atoms with Gasteiger partial charge < -0.3 is 9.30 Å². The van der Waals surface area contributed by atoms with Gasteiger partial charge in [-0.3, -0.25) is 4.79 Å². The van der Waals surface area contributed by atoms with Crippen molar-refractivity contribution in [2.75, 3.05) is 7.11 Å². The molecule has 158 valence electrons. The standard InChI is InChI=1S/C20H19F3N4O2S/c1-12(30-19-26-24-11-27(19)2)14-6-4-5-13(7-14)8-17(28)16-9-15(29-3)10-18(25-16)20(21,22)23/h4-7,9-12H,8H2,1-3H3/t12-/m0/s1. The van der Waals surface area contributed by atoms with E-state index in [1.54, 1.807) is 17.0 Å². The van der Waals surface area contributed by atoms with E-state index in [-0.39, 0.29) is 23.1 Å². The van der Waals surface area contributed by atoms with Crippen LogP contribution in [0.15, 0.2) is 47.9 Å². The SMILES string of the molecule is COc1cc(C(=O)Cc2cccc([C@H](C)Sc3nncn3C)c2)nc(C(F)(F)F)c1. The van der Waals surface area contributed by atoms with Crippen molar-refractivity contribution in [1.82, 2.24) is 19.7 Å². The molecule has 0 bridgehead atoms. The molecule has 6 nitrogen and oxygen atoms in total. The van der Waals surface area contributed by atoms with Gasteiger partial charge in [0.15, 0.2) is 10.9 Å². The van der Waals surface area contributed by atoms with Crippen molar-refractivity contribution in [3.8, 4) is 5.75 Å². The van der Waals surface area contributed by atoms with E-state index < -0.39 is 17.7 Å². The van der Waals surface area contributed by atoms with Crippen molar-refractivity contribution in [2.24, 2.45) is 7.05 Å². The lowest BCUT2D eigenvalue weighted by Gasteiger charge is -2.13. The van der Waals surface area contributed by atoms with Crippen LogP contribution in [0.5, 0.6) is 5.75 Å². The molecule has 0 saturated heterocycles. The van der Waals surface area contributed by atoms with Crippen molar-refractivity contribution in [1.29, 1.82) is 0 Å². The predicted molar refractivity (Wildman–Crippen MR) is 106 cm³/mol. The van der Waals surface area contributed by atoms with Crippen LogP contribution in [0.25, 0.3) is 0 Å². The number of Topliss-reactive ketones (excluding diaryl/α,β-unsaturated/α-hetero) is 1. The Morgan fingerprint density at radius 2 is 2.03 bits per heavy atom. The van der Waals surface area contributed by atoms with Crippen LogP contribution in [0.1, 0.15) is 39.5 Å². The number of hydrogen-bond donors (Lipinski definition) is 0. The van der Waals surface area contributed by atoms with Crippen LogP contribution in [0.3, 0.4) is 0 Å². The number of nitrogens with zero attached hydrogens (tertiary/aromatic N) is 4. The molecule has 3 aromatic rings. The van der Waals surface area contributed by atoms with Gasteiger partial charge in [-0.1, -0.05) is 36.0 Å². The number of methoxy groups -OCH3 is 1. The number of ether oxygens (including phenoxy) is 1. The normalized spacial score (nSPS) is 12.6. The number of thioether (sulfide) groups is 1. The minimum atomic E-state index is -4.67. The van der Waals surface area contributed by atoms with E-state index in [1.807, 2.05) is 32.2 Å². The number of aryl methyl sites for hydroxylation is 1. The maximum atomic E-state index is 13.1. The summed E-state index contributed by atoms with van der Waals surface area (Å²) in [6, 6.07) is 9.33. The second kappa shape index (κ2) is 8.86. The lowest BCUT2D eigenvalue weighted by molar-refractivity contribution is -0.141. The van der Waals surface area contributed by atoms with E-state index in [1.165, 1.54) is 24.9 Å². The summed E-state index contributed by atoms with van der Waals surface area (Å²) in [5, 5.41) is 8.68. The molecule has 0 aliphatic rings. The van der Waals surface area contributed by atoms with Crippen molar-refractivity contribution in [3.63, 3.8) is 0 Å². The molecule has 0 radical (unpaired) electrons. The zero-order valence-electron chi connectivity index (χ0n) is 16.5. The Hall–Kier alpha value is -2.88. The van der Waals surface area contributed by atoms with E-state index in [4.69, 9.17) is 4.74 Å². The minimum absolute atomic E-state index is 0.0368. The molecule has 2 aromatic heterocycles. The van der Waals surface area contributed by atoms with Crippen molar-refractivity contribution >= 4 is 17.5 Å². The molecule has 3 rings (SSSR count). The fraction of sp³-hybridized carbons (Fsp3) is 0.300. The molecule has 1 atom stereocenters. The summed E-state index contributed by atoms with van der Waals surface area (Å²) in [7, 11) is 3.09. The topological polar surface area (TPSA) is 69.9 Å². The molecule has 1 aromatic carbocycles. The summed E-state index contributed by atoms with van der Waals surface area (Å²) < 4.78 is 45.9. The van der Waals surface area contributed by atoms with E-state index in [0.717, 1.165) is 16.8 Å². The van der Waals surface area contributed by atoms with E-state index in [2.05, 4.69) is 15.2 Å². The first kappa shape index (κ1) is 21.8. The van der Waals surface area contributed by atoms with Gasteiger partial charge in [0.1, 0.15) is 23.5 Å². The first-order valence-electron chi connectivity index (χ1n) is 8.93. The Morgan fingerprint density at radius 3 is 2.67 bits per heavy atom. The molecule has 0 aliphatic heterocycles. The summed E-state index contributed by atoms with van der Waals surface area (Å²) in [6.45, 7) is 2.00. The highest BCUT2D eigenvalue weighted by Gasteiger charge is 2.34. The van der Waals surface area contributed by atoms with Gasteiger partial charge in [0.2, 0.25) is 0 Å². The molecule has 0 amide bonds. The Balaban J connectivity index is 1.79. The van der Waals surface area contributed by atoms with Gasteiger partial charge in [0.05, 0.1) is 7.11 Å². The first-order chi connectivity index (χ1) is 14.2. The van der Waals surface area contributed by atoms with Crippen molar-refractivity contribution < 1.29 is 22.7 Å². The monoisotopic (exact) mass is 436 g/mol. The maximum absolute atomic E-state index is 13.1. The fourth-order valence-electron chi connectivity index (χ4n) is 2.75. The van der Waals surface area contributed by atoms with Crippen LogP contribution in [0.2, 0.25) is 0 Å². The van der Waals surface area contributed by atoms with Crippen LogP contribution in [0, 0.1) is 0 Å². The minimum Gasteiger partial charge on any atom is -0.497 e. The van der Waals surface area contributed by atoms with Crippen LogP contribution in [0.4, 0.5) is 13.2 Å². The van der Waals surface area contributed by atoms with Crippen LogP contribution < -0.4 is 4.74 Å². The van der Waals surface area contributed by atoms with E-state index in [9.17, 15) is 18.0 Å². The number of benzene rings is 1. The number of pyridine rings is 1. The Kier molecular flexibility index (Phi) is 6.45. The van der Waals surface area contributed by atoms with Crippen LogP contribution in [-0.4, -0.2) is 32.6 Å². The van der Waals surface area contributed by atoms with Gasteiger partial charge in [0.25, 0.3) is 0 Å². The lowest BCUT2D eigenvalue weighted by atomic mass is 10.0. The van der Waals surface area contributed by atoms with Crippen molar-refractivity contribution in [3.05, 3.63) is 65.2 Å². The quantitative estimate of drug-likeness (QED) is 0.401. The number of ketones is 1. The molecular weight excluding hydrogens is 417 g/mol. The average molecular weight is 436 g/mol. The number of halogens is 3. The third-order valence-electron chi connectivity index (χ3n) is 4.35. The molecule has 0 unspecified atom stereocenters. The number of alkyl halides is 3.